The first-order valence-corrected chi connectivity index (χ1v) is 8.05. The molecule has 2 heterocycles. The van der Waals surface area contributed by atoms with Crippen molar-refractivity contribution in [1.82, 2.24) is 19.6 Å². The molecule has 2 aromatic rings. The molecular formula is C14H16BrF2N5O3. The van der Waals surface area contributed by atoms with Crippen molar-refractivity contribution in [3.63, 3.8) is 0 Å². The lowest BCUT2D eigenvalue weighted by molar-refractivity contribution is -0.117. The molecule has 0 spiro atoms. The van der Waals surface area contributed by atoms with Crippen LogP contribution in [0.1, 0.15) is 35.1 Å². The maximum absolute atomic E-state index is 12.9. The van der Waals surface area contributed by atoms with Crippen molar-refractivity contribution in [3.05, 3.63) is 27.6 Å². The van der Waals surface area contributed by atoms with Crippen molar-refractivity contribution in [2.75, 3.05) is 11.9 Å². The Hall–Kier alpha value is -2.30. The van der Waals surface area contributed by atoms with E-state index in [1.165, 1.54) is 10.9 Å². The van der Waals surface area contributed by atoms with Crippen LogP contribution in [-0.2, 0) is 23.1 Å². The number of aryl methyl sites for hydroxylation is 1. The Morgan fingerprint density at radius 2 is 2.12 bits per heavy atom. The SMILES string of the molecule is CCOC(=O)c1cnn(C)c1NC(=O)Cn1nc(C(F)F)c(Br)c1C. The summed E-state index contributed by atoms with van der Waals surface area (Å²) in [4.78, 5) is 24.1. The van der Waals surface area contributed by atoms with Gasteiger partial charge in [0.1, 0.15) is 23.6 Å². The number of hydrogen-bond acceptors (Lipinski definition) is 5. The van der Waals surface area contributed by atoms with Gasteiger partial charge in [-0.25, -0.2) is 13.6 Å². The Kier molecular flexibility index (Phi) is 5.88. The van der Waals surface area contributed by atoms with E-state index in [1.54, 1.807) is 20.9 Å². The Bertz CT molecular complexity index is 803. The third-order valence-electron chi connectivity index (χ3n) is 3.35. The monoisotopic (exact) mass is 419 g/mol. The average molecular weight is 420 g/mol. The third-order valence-corrected chi connectivity index (χ3v) is 4.33. The molecule has 8 nitrogen and oxygen atoms in total. The molecule has 2 rings (SSSR count). The second kappa shape index (κ2) is 7.72. The minimum atomic E-state index is -2.76. The fraction of sp³-hybridized carbons (Fsp3) is 0.429. The molecule has 0 aliphatic heterocycles. The highest BCUT2D eigenvalue weighted by molar-refractivity contribution is 9.10. The van der Waals surface area contributed by atoms with Crippen molar-refractivity contribution in [2.45, 2.75) is 26.8 Å². The fourth-order valence-corrected chi connectivity index (χ4v) is 2.55. The number of amides is 1. The van der Waals surface area contributed by atoms with Gasteiger partial charge in [-0.05, 0) is 29.8 Å². The van der Waals surface area contributed by atoms with Gasteiger partial charge in [-0.2, -0.15) is 10.2 Å². The van der Waals surface area contributed by atoms with Crippen LogP contribution in [0.5, 0.6) is 0 Å². The number of nitrogens with zero attached hydrogens (tertiary/aromatic N) is 4. The van der Waals surface area contributed by atoms with Gasteiger partial charge in [-0.1, -0.05) is 0 Å². The van der Waals surface area contributed by atoms with E-state index < -0.39 is 24.0 Å². The number of esters is 1. The lowest BCUT2D eigenvalue weighted by Gasteiger charge is -2.09. The summed E-state index contributed by atoms with van der Waals surface area (Å²) in [6.45, 7) is 3.10. The smallest absolute Gasteiger partial charge is 0.343 e. The van der Waals surface area contributed by atoms with Gasteiger partial charge in [-0.3, -0.25) is 14.2 Å². The second-order valence-corrected chi connectivity index (χ2v) is 5.84. The minimum Gasteiger partial charge on any atom is -0.462 e. The van der Waals surface area contributed by atoms with Crippen LogP contribution >= 0.6 is 15.9 Å². The zero-order chi connectivity index (χ0) is 18.7. The van der Waals surface area contributed by atoms with Gasteiger partial charge in [0.25, 0.3) is 6.43 Å². The van der Waals surface area contributed by atoms with Gasteiger partial charge in [0.2, 0.25) is 5.91 Å². The van der Waals surface area contributed by atoms with E-state index in [9.17, 15) is 18.4 Å². The number of aromatic nitrogens is 4. The van der Waals surface area contributed by atoms with Crippen molar-refractivity contribution in [3.8, 4) is 0 Å². The van der Waals surface area contributed by atoms with Crippen molar-refractivity contribution in [2.24, 2.45) is 7.05 Å². The topological polar surface area (TPSA) is 91.0 Å². The fourth-order valence-electron chi connectivity index (χ4n) is 2.09. The third kappa shape index (κ3) is 4.03. The molecular weight excluding hydrogens is 404 g/mol. The number of nitrogens with one attached hydrogen (secondary N) is 1. The largest absolute Gasteiger partial charge is 0.462 e. The van der Waals surface area contributed by atoms with Crippen LogP contribution < -0.4 is 5.32 Å². The van der Waals surface area contributed by atoms with Gasteiger partial charge in [0.05, 0.1) is 23.0 Å². The summed E-state index contributed by atoms with van der Waals surface area (Å²) in [5, 5.41) is 10.2. The van der Waals surface area contributed by atoms with Gasteiger partial charge in [-0.15, -0.1) is 0 Å². The highest BCUT2D eigenvalue weighted by Gasteiger charge is 2.23. The van der Waals surface area contributed by atoms with E-state index in [1.807, 2.05) is 0 Å². The maximum atomic E-state index is 12.9. The van der Waals surface area contributed by atoms with E-state index >= 15 is 0 Å². The van der Waals surface area contributed by atoms with Gasteiger partial charge in [0.15, 0.2) is 0 Å². The van der Waals surface area contributed by atoms with Gasteiger partial charge in [0, 0.05) is 7.05 Å². The van der Waals surface area contributed by atoms with Crippen molar-refractivity contribution >= 4 is 33.6 Å². The molecule has 0 aliphatic carbocycles. The summed E-state index contributed by atoms with van der Waals surface area (Å²) < 4.78 is 33.2. The second-order valence-electron chi connectivity index (χ2n) is 5.04. The van der Waals surface area contributed by atoms with E-state index in [-0.39, 0.29) is 29.0 Å². The first-order chi connectivity index (χ1) is 11.8. The summed E-state index contributed by atoms with van der Waals surface area (Å²) in [7, 11) is 1.54. The number of carbonyl (C=O) groups excluding carboxylic acids is 2. The van der Waals surface area contributed by atoms with Crippen LogP contribution in [0.25, 0.3) is 0 Å². The normalized spacial score (nSPS) is 11.0. The molecule has 0 atom stereocenters. The number of carbonyl (C=O) groups is 2. The molecule has 0 saturated carbocycles. The number of alkyl halides is 2. The summed E-state index contributed by atoms with van der Waals surface area (Å²) in [6, 6.07) is 0. The molecule has 0 saturated heterocycles. The molecule has 2 aromatic heterocycles. The first-order valence-electron chi connectivity index (χ1n) is 7.26. The Morgan fingerprint density at radius 3 is 2.68 bits per heavy atom. The van der Waals surface area contributed by atoms with Crippen LogP contribution in [0.15, 0.2) is 10.7 Å². The Labute approximate surface area is 150 Å². The lowest BCUT2D eigenvalue weighted by atomic mass is 10.3. The van der Waals surface area contributed by atoms with E-state index in [0.29, 0.717) is 5.69 Å². The molecule has 136 valence electrons. The summed E-state index contributed by atoms with van der Waals surface area (Å²) in [6.07, 6.45) is -1.48. The number of ether oxygens (including phenoxy) is 1. The Morgan fingerprint density at radius 1 is 1.44 bits per heavy atom. The first kappa shape index (κ1) is 19.0. The zero-order valence-corrected chi connectivity index (χ0v) is 15.3. The summed E-state index contributed by atoms with van der Waals surface area (Å²) in [5.41, 5.74) is 0.0588. The predicted molar refractivity (Wildman–Crippen MR) is 87.4 cm³/mol. The van der Waals surface area contributed by atoms with E-state index in [2.05, 4.69) is 31.4 Å². The van der Waals surface area contributed by atoms with Crippen LogP contribution in [0.3, 0.4) is 0 Å². The van der Waals surface area contributed by atoms with Crippen LogP contribution in [0, 0.1) is 6.92 Å². The molecule has 0 aliphatic rings. The molecule has 0 radical (unpaired) electrons. The number of halogens is 3. The van der Waals surface area contributed by atoms with Crippen LogP contribution in [0.2, 0.25) is 0 Å². The minimum absolute atomic E-state index is 0.101. The van der Waals surface area contributed by atoms with E-state index in [0.717, 1.165) is 4.68 Å². The van der Waals surface area contributed by atoms with Crippen LogP contribution in [-0.4, -0.2) is 38.0 Å². The summed E-state index contributed by atoms with van der Waals surface area (Å²) in [5.74, 6) is -1.02. The average Bonchev–Trinajstić information content (AvgIpc) is 3.03. The standard InChI is InChI=1S/C14H16BrF2N5O3/c1-4-25-14(24)8-5-18-21(3)13(8)19-9(23)6-22-7(2)10(15)11(20-22)12(16)17/h5,12H,4,6H2,1-3H3,(H,19,23). The molecule has 25 heavy (non-hydrogen) atoms. The molecule has 1 N–H and O–H groups in total. The Balaban J connectivity index is 2.18. The summed E-state index contributed by atoms with van der Waals surface area (Å²) >= 11 is 3.04. The number of anilines is 1. The highest BCUT2D eigenvalue weighted by Crippen LogP contribution is 2.29. The molecule has 0 aromatic carbocycles. The molecule has 1 amide bonds. The van der Waals surface area contributed by atoms with Crippen LogP contribution in [0.4, 0.5) is 14.6 Å². The van der Waals surface area contributed by atoms with Crippen molar-refractivity contribution in [1.29, 1.82) is 0 Å². The quantitative estimate of drug-likeness (QED) is 0.726. The molecule has 0 unspecified atom stereocenters. The molecule has 0 fully saturated rings. The van der Waals surface area contributed by atoms with Crippen molar-refractivity contribution < 1.29 is 23.1 Å². The predicted octanol–water partition coefficient (Wildman–Crippen LogP) is 2.44. The lowest BCUT2D eigenvalue weighted by Crippen LogP contribution is -2.23. The van der Waals surface area contributed by atoms with E-state index in [4.69, 9.17) is 4.74 Å². The maximum Gasteiger partial charge on any atom is 0.343 e. The molecule has 11 heteroatoms. The van der Waals surface area contributed by atoms with Gasteiger partial charge >= 0.3 is 5.97 Å². The molecule has 0 bridgehead atoms. The zero-order valence-electron chi connectivity index (χ0n) is 13.7. The number of rotatable bonds is 6. The van der Waals surface area contributed by atoms with Gasteiger partial charge < -0.3 is 10.1 Å². The number of hydrogen-bond donors (Lipinski definition) is 1. The highest BCUT2D eigenvalue weighted by atomic mass is 79.9.